The Morgan fingerprint density at radius 3 is 1.93 bits per heavy atom. The first-order valence-electron chi connectivity index (χ1n) is 4.06. The number of nitrogens with one attached hydrogen (secondary N) is 1. The topological polar surface area (TPSA) is 12.0 Å². The normalized spacial score (nSPS) is 12.9. The van der Waals surface area contributed by atoms with Crippen molar-refractivity contribution in [3.63, 3.8) is 0 Å². The van der Waals surface area contributed by atoms with E-state index in [0.29, 0.717) is 5.56 Å². The van der Waals surface area contributed by atoms with Crippen LogP contribution in [0.25, 0.3) is 0 Å². The Bertz CT molecular complexity index is 306. The highest BCUT2D eigenvalue weighted by molar-refractivity contribution is 5.14. The molecular formula is C9H8F5N. The molecule has 0 fully saturated rings. The van der Waals surface area contributed by atoms with Crippen molar-refractivity contribution in [3.8, 4) is 0 Å². The third kappa shape index (κ3) is 3.16. The zero-order chi connectivity index (χ0) is 11.5. The second kappa shape index (κ2) is 4.14. The van der Waals surface area contributed by atoms with Crippen LogP contribution in [0.15, 0.2) is 30.3 Å². The molecule has 0 amide bonds. The lowest BCUT2D eigenvalue weighted by Gasteiger charge is -2.20. The minimum Gasteiger partial charge on any atom is -0.246 e. The van der Waals surface area contributed by atoms with Crippen LogP contribution in [0.2, 0.25) is 0 Å². The first-order valence-corrected chi connectivity index (χ1v) is 4.06. The first kappa shape index (κ1) is 11.9. The van der Waals surface area contributed by atoms with Crippen LogP contribution in [-0.4, -0.2) is 12.2 Å². The lowest BCUT2D eigenvalue weighted by Crippen LogP contribution is -2.48. The molecule has 0 atom stereocenters. The van der Waals surface area contributed by atoms with E-state index in [9.17, 15) is 22.0 Å². The summed E-state index contributed by atoms with van der Waals surface area (Å²) in [7, 11) is 0. The number of benzene rings is 1. The van der Waals surface area contributed by atoms with Crippen molar-refractivity contribution < 1.29 is 22.0 Å². The minimum absolute atomic E-state index is 0.362. The molecule has 84 valence electrons. The van der Waals surface area contributed by atoms with E-state index in [-0.39, 0.29) is 0 Å². The van der Waals surface area contributed by atoms with Gasteiger partial charge in [-0.2, -0.15) is 22.0 Å². The van der Waals surface area contributed by atoms with Crippen LogP contribution >= 0.6 is 0 Å². The summed E-state index contributed by atoms with van der Waals surface area (Å²) in [6, 6.07) is 2.82. The van der Waals surface area contributed by atoms with E-state index in [4.69, 9.17) is 0 Å². The molecule has 0 aliphatic carbocycles. The second-order valence-corrected chi connectivity index (χ2v) is 2.91. The van der Waals surface area contributed by atoms with Gasteiger partial charge in [0.1, 0.15) is 0 Å². The highest BCUT2D eigenvalue weighted by Crippen LogP contribution is 2.32. The van der Waals surface area contributed by atoms with Gasteiger partial charge < -0.3 is 0 Å². The molecule has 0 heterocycles. The Morgan fingerprint density at radius 1 is 0.933 bits per heavy atom. The van der Waals surface area contributed by atoms with Gasteiger partial charge in [0.15, 0.2) is 0 Å². The minimum atomic E-state index is -5.57. The van der Waals surface area contributed by atoms with Gasteiger partial charge in [0.25, 0.3) is 0 Å². The lowest BCUT2D eigenvalue weighted by atomic mass is 10.2. The molecule has 0 aliphatic rings. The first-order chi connectivity index (χ1) is 6.83. The predicted molar refractivity (Wildman–Crippen MR) is 44.3 cm³/mol. The van der Waals surface area contributed by atoms with E-state index in [1.54, 1.807) is 18.2 Å². The predicted octanol–water partition coefficient (Wildman–Crippen LogP) is 2.93. The lowest BCUT2D eigenvalue weighted by molar-refractivity contribution is -0.296. The quantitative estimate of drug-likeness (QED) is 0.616. The largest absolute Gasteiger partial charge is 0.469 e. The number of hydrogen-bond acceptors (Lipinski definition) is 1. The van der Waals surface area contributed by atoms with Gasteiger partial charge in [-0.15, -0.1) is 0 Å². The molecule has 0 spiro atoms. The summed E-state index contributed by atoms with van der Waals surface area (Å²) in [5.41, 5.74) is 0.362. The summed E-state index contributed by atoms with van der Waals surface area (Å²) in [5.74, 6) is 0. The van der Waals surface area contributed by atoms with Gasteiger partial charge in [-0.3, -0.25) is 0 Å². The summed E-state index contributed by atoms with van der Waals surface area (Å²) in [4.78, 5) is 0. The SMILES string of the molecule is FC(F)(F)C(F)(F)NCc1ccccc1. The summed E-state index contributed by atoms with van der Waals surface area (Å²) < 4.78 is 59.9. The van der Waals surface area contributed by atoms with Gasteiger partial charge in [-0.1, -0.05) is 30.3 Å². The van der Waals surface area contributed by atoms with Gasteiger partial charge in [0.05, 0.1) is 0 Å². The maximum atomic E-state index is 12.4. The Morgan fingerprint density at radius 2 is 1.47 bits per heavy atom. The molecule has 0 bridgehead atoms. The van der Waals surface area contributed by atoms with Crippen molar-refractivity contribution in [2.75, 3.05) is 0 Å². The highest BCUT2D eigenvalue weighted by atomic mass is 19.4. The van der Waals surface area contributed by atoms with Gasteiger partial charge >= 0.3 is 12.2 Å². The molecular weight excluding hydrogens is 217 g/mol. The van der Waals surface area contributed by atoms with E-state index in [1.165, 1.54) is 12.1 Å². The molecule has 0 unspecified atom stereocenters. The number of hydrogen-bond donors (Lipinski definition) is 1. The van der Waals surface area contributed by atoms with Crippen LogP contribution in [0.4, 0.5) is 22.0 Å². The maximum absolute atomic E-state index is 12.4. The smallest absolute Gasteiger partial charge is 0.246 e. The third-order valence-electron chi connectivity index (χ3n) is 1.71. The number of rotatable bonds is 3. The van der Waals surface area contributed by atoms with Crippen LogP contribution in [0.3, 0.4) is 0 Å². The van der Waals surface area contributed by atoms with Crippen molar-refractivity contribution in [2.24, 2.45) is 0 Å². The number of alkyl halides is 5. The molecule has 1 N–H and O–H groups in total. The third-order valence-corrected chi connectivity index (χ3v) is 1.71. The van der Waals surface area contributed by atoms with Crippen LogP contribution in [0.5, 0.6) is 0 Å². The summed E-state index contributed by atoms with van der Waals surface area (Å²) in [5, 5.41) is 1.16. The molecule has 1 rings (SSSR count). The molecule has 0 aromatic heterocycles. The molecule has 1 aromatic rings. The van der Waals surface area contributed by atoms with Crippen LogP contribution in [-0.2, 0) is 6.54 Å². The van der Waals surface area contributed by atoms with Crippen LogP contribution < -0.4 is 5.32 Å². The van der Waals surface area contributed by atoms with Gasteiger partial charge in [-0.25, -0.2) is 5.32 Å². The highest BCUT2D eigenvalue weighted by Gasteiger charge is 2.57. The van der Waals surface area contributed by atoms with Crippen molar-refractivity contribution in [2.45, 2.75) is 18.8 Å². The van der Waals surface area contributed by atoms with Crippen molar-refractivity contribution >= 4 is 0 Å². The molecule has 1 nitrogen and oxygen atoms in total. The summed E-state index contributed by atoms with van der Waals surface area (Å²) >= 11 is 0. The van der Waals surface area contributed by atoms with E-state index in [0.717, 1.165) is 5.32 Å². The molecule has 0 saturated heterocycles. The zero-order valence-electron chi connectivity index (χ0n) is 7.48. The van der Waals surface area contributed by atoms with Gasteiger partial charge in [0, 0.05) is 6.54 Å². The molecule has 6 heteroatoms. The Labute approximate surface area is 82.9 Å². The van der Waals surface area contributed by atoms with Gasteiger partial charge in [0.2, 0.25) is 0 Å². The van der Waals surface area contributed by atoms with Crippen molar-refractivity contribution in [1.29, 1.82) is 0 Å². The van der Waals surface area contributed by atoms with Crippen LogP contribution in [0, 0.1) is 0 Å². The van der Waals surface area contributed by atoms with E-state index >= 15 is 0 Å². The Balaban J connectivity index is 2.58. The fraction of sp³-hybridized carbons (Fsp3) is 0.333. The van der Waals surface area contributed by atoms with E-state index in [1.807, 2.05) is 0 Å². The van der Waals surface area contributed by atoms with Crippen LogP contribution in [0.1, 0.15) is 5.56 Å². The average Bonchev–Trinajstić information content (AvgIpc) is 2.15. The second-order valence-electron chi connectivity index (χ2n) is 2.91. The number of halogens is 5. The molecule has 0 radical (unpaired) electrons. The van der Waals surface area contributed by atoms with Crippen molar-refractivity contribution in [3.05, 3.63) is 35.9 Å². The summed E-state index contributed by atoms with van der Waals surface area (Å²) in [6.07, 6.45) is -5.57. The Kier molecular flexibility index (Phi) is 3.28. The molecule has 0 saturated carbocycles. The van der Waals surface area contributed by atoms with Crippen molar-refractivity contribution in [1.82, 2.24) is 5.32 Å². The monoisotopic (exact) mass is 225 g/mol. The molecule has 1 aromatic carbocycles. The molecule has 0 aliphatic heterocycles. The van der Waals surface area contributed by atoms with E-state index in [2.05, 4.69) is 0 Å². The molecule has 15 heavy (non-hydrogen) atoms. The van der Waals surface area contributed by atoms with Gasteiger partial charge in [-0.05, 0) is 5.56 Å². The fourth-order valence-electron chi connectivity index (χ4n) is 0.909. The van der Waals surface area contributed by atoms with E-state index < -0.39 is 18.8 Å². The zero-order valence-corrected chi connectivity index (χ0v) is 7.48. The fourth-order valence-corrected chi connectivity index (χ4v) is 0.909. The average molecular weight is 225 g/mol. The standard InChI is InChI=1S/C9H8F5N/c10-8(11,12)9(13,14)15-6-7-4-2-1-3-5-7/h1-5,15H,6H2. The maximum Gasteiger partial charge on any atom is 0.469 e. The summed E-state index contributed by atoms with van der Waals surface area (Å²) in [6.45, 7) is -0.534. The Hall–Kier alpha value is -1.17.